The van der Waals surface area contributed by atoms with Crippen LogP contribution in [0.4, 0.5) is 5.82 Å². The Morgan fingerprint density at radius 1 is 1.25 bits per heavy atom. The monoisotopic (exact) mass is 217 g/mol. The summed E-state index contributed by atoms with van der Waals surface area (Å²) in [7, 11) is 0. The highest BCUT2D eigenvalue weighted by molar-refractivity contribution is 5.31. The molecule has 5 nitrogen and oxygen atoms in total. The predicted molar refractivity (Wildman–Crippen MR) is 58.9 cm³/mol. The Balaban J connectivity index is 1.99. The minimum Gasteiger partial charge on any atom is -0.508 e. The molecule has 0 aliphatic heterocycles. The van der Waals surface area contributed by atoms with Crippen LogP contribution >= 0.6 is 0 Å². The molecule has 1 aromatic heterocycles. The van der Waals surface area contributed by atoms with Crippen LogP contribution in [0.1, 0.15) is 5.69 Å². The maximum absolute atomic E-state index is 9.22. The van der Waals surface area contributed by atoms with Gasteiger partial charge in [-0.25, -0.2) is 4.98 Å². The Kier molecular flexibility index (Phi) is 2.86. The molecule has 0 fully saturated rings. The third kappa shape index (κ3) is 2.60. The number of aromatic nitrogens is 2. The molecular weight excluding hydrogens is 206 g/mol. The van der Waals surface area contributed by atoms with Crippen LogP contribution in [-0.2, 0) is 6.61 Å². The fourth-order valence-corrected chi connectivity index (χ4v) is 1.17. The topological polar surface area (TPSA) is 81.3 Å². The summed E-state index contributed by atoms with van der Waals surface area (Å²) in [5.41, 5.74) is 6.08. The third-order valence-electron chi connectivity index (χ3n) is 1.93. The van der Waals surface area contributed by atoms with Crippen LogP contribution in [0.2, 0.25) is 0 Å². The van der Waals surface area contributed by atoms with Crippen LogP contribution in [0.25, 0.3) is 0 Å². The maximum atomic E-state index is 9.22. The molecule has 0 bridgehead atoms. The Morgan fingerprint density at radius 2 is 2.12 bits per heavy atom. The number of nitrogen functional groups attached to an aromatic ring is 1. The lowest BCUT2D eigenvalue weighted by molar-refractivity contribution is 0.299. The summed E-state index contributed by atoms with van der Waals surface area (Å²) < 4.78 is 5.41. The van der Waals surface area contributed by atoms with E-state index >= 15 is 0 Å². The van der Waals surface area contributed by atoms with Crippen LogP contribution in [0.15, 0.2) is 36.7 Å². The highest BCUT2D eigenvalue weighted by Gasteiger charge is 1.98. The van der Waals surface area contributed by atoms with E-state index in [0.717, 1.165) is 0 Å². The van der Waals surface area contributed by atoms with E-state index in [0.29, 0.717) is 17.3 Å². The van der Waals surface area contributed by atoms with E-state index in [4.69, 9.17) is 10.5 Å². The summed E-state index contributed by atoms with van der Waals surface area (Å²) in [4.78, 5) is 7.94. The molecule has 0 aliphatic rings. The minimum atomic E-state index is 0.167. The fourth-order valence-electron chi connectivity index (χ4n) is 1.17. The number of phenols is 1. The standard InChI is InChI=1S/C11H11N3O2/c12-11-6-13-8(5-14-11)7-16-10-3-1-2-9(15)4-10/h1-6,15H,7H2,(H2,12,14). The minimum absolute atomic E-state index is 0.167. The summed E-state index contributed by atoms with van der Waals surface area (Å²) in [6.45, 7) is 0.288. The van der Waals surface area contributed by atoms with E-state index in [1.807, 2.05) is 0 Å². The van der Waals surface area contributed by atoms with Crippen LogP contribution in [0, 0.1) is 0 Å². The van der Waals surface area contributed by atoms with Crippen molar-refractivity contribution in [1.29, 1.82) is 0 Å². The van der Waals surface area contributed by atoms with E-state index in [-0.39, 0.29) is 12.4 Å². The van der Waals surface area contributed by atoms with Crippen LogP contribution < -0.4 is 10.5 Å². The molecule has 0 radical (unpaired) electrons. The molecule has 0 atom stereocenters. The molecule has 0 saturated heterocycles. The zero-order valence-corrected chi connectivity index (χ0v) is 8.50. The highest BCUT2D eigenvalue weighted by atomic mass is 16.5. The number of aromatic hydroxyl groups is 1. The number of phenolic OH excluding ortho intramolecular Hbond substituents is 1. The van der Waals surface area contributed by atoms with E-state index < -0.39 is 0 Å². The second-order valence-corrected chi connectivity index (χ2v) is 3.22. The smallest absolute Gasteiger partial charge is 0.141 e. The van der Waals surface area contributed by atoms with Crippen molar-refractivity contribution in [2.75, 3.05) is 5.73 Å². The van der Waals surface area contributed by atoms with Crippen molar-refractivity contribution in [2.24, 2.45) is 0 Å². The molecule has 0 unspecified atom stereocenters. The van der Waals surface area contributed by atoms with Crippen molar-refractivity contribution in [1.82, 2.24) is 9.97 Å². The Morgan fingerprint density at radius 3 is 2.81 bits per heavy atom. The van der Waals surface area contributed by atoms with Gasteiger partial charge in [-0.15, -0.1) is 0 Å². The molecule has 0 saturated carbocycles. The molecule has 5 heteroatoms. The SMILES string of the molecule is Nc1cnc(COc2cccc(O)c2)cn1. The number of anilines is 1. The summed E-state index contributed by atoms with van der Waals surface area (Å²) in [5.74, 6) is 1.13. The first-order valence-electron chi connectivity index (χ1n) is 4.72. The Hall–Kier alpha value is -2.30. The summed E-state index contributed by atoms with van der Waals surface area (Å²) in [6.07, 6.45) is 3.03. The molecule has 82 valence electrons. The lowest BCUT2D eigenvalue weighted by Crippen LogP contribution is -2.00. The molecular formula is C11H11N3O2. The largest absolute Gasteiger partial charge is 0.508 e. The molecule has 2 aromatic rings. The molecule has 1 aromatic carbocycles. The fraction of sp³-hybridized carbons (Fsp3) is 0.0909. The van der Waals surface area contributed by atoms with Crippen molar-refractivity contribution in [3.63, 3.8) is 0 Å². The zero-order valence-electron chi connectivity index (χ0n) is 8.50. The van der Waals surface area contributed by atoms with Crippen LogP contribution in [-0.4, -0.2) is 15.1 Å². The molecule has 0 aliphatic carbocycles. The van der Waals surface area contributed by atoms with Gasteiger partial charge in [-0.1, -0.05) is 6.07 Å². The number of hydrogen-bond acceptors (Lipinski definition) is 5. The summed E-state index contributed by atoms with van der Waals surface area (Å²) in [5, 5.41) is 9.22. The van der Waals surface area contributed by atoms with Crippen molar-refractivity contribution in [2.45, 2.75) is 6.61 Å². The van der Waals surface area contributed by atoms with E-state index in [9.17, 15) is 5.11 Å². The lowest BCUT2D eigenvalue weighted by atomic mass is 10.3. The number of hydrogen-bond donors (Lipinski definition) is 2. The average molecular weight is 217 g/mol. The van der Waals surface area contributed by atoms with Crippen molar-refractivity contribution >= 4 is 5.82 Å². The van der Waals surface area contributed by atoms with Crippen LogP contribution in [0.3, 0.4) is 0 Å². The number of ether oxygens (including phenoxy) is 1. The highest BCUT2D eigenvalue weighted by Crippen LogP contribution is 2.18. The van der Waals surface area contributed by atoms with Gasteiger partial charge in [-0.3, -0.25) is 4.98 Å². The van der Waals surface area contributed by atoms with Crippen molar-refractivity contribution in [3.8, 4) is 11.5 Å². The normalized spacial score (nSPS) is 10.0. The van der Waals surface area contributed by atoms with Gasteiger partial charge in [0.2, 0.25) is 0 Å². The van der Waals surface area contributed by atoms with E-state index in [1.54, 1.807) is 24.4 Å². The first-order chi connectivity index (χ1) is 7.74. The van der Waals surface area contributed by atoms with Gasteiger partial charge in [0.15, 0.2) is 0 Å². The molecule has 1 heterocycles. The van der Waals surface area contributed by atoms with E-state index in [1.165, 1.54) is 12.3 Å². The quantitative estimate of drug-likeness (QED) is 0.810. The summed E-state index contributed by atoms with van der Waals surface area (Å²) in [6, 6.07) is 6.57. The second kappa shape index (κ2) is 4.48. The third-order valence-corrected chi connectivity index (χ3v) is 1.93. The maximum Gasteiger partial charge on any atom is 0.141 e. The molecule has 2 rings (SSSR count). The first-order valence-corrected chi connectivity index (χ1v) is 4.72. The van der Waals surface area contributed by atoms with Gasteiger partial charge in [0.05, 0.1) is 18.1 Å². The van der Waals surface area contributed by atoms with Gasteiger partial charge in [0.25, 0.3) is 0 Å². The predicted octanol–water partition coefficient (Wildman–Crippen LogP) is 1.34. The van der Waals surface area contributed by atoms with Gasteiger partial charge in [-0.05, 0) is 12.1 Å². The Bertz CT molecular complexity index is 471. The van der Waals surface area contributed by atoms with Crippen molar-refractivity contribution in [3.05, 3.63) is 42.4 Å². The Labute approximate surface area is 92.5 Å². The average Bonchev–Trinajstić information content (AvgIpc) is 2.28. The second-order valence-electron chi connectivity index (χ2n) is 3.22. The lowest BCUT2D eigenvalue weighted by Gasteiger charge is -2.05. The van der Waals surface area contributed by atoms with Gasteiger partial charge < -0.3 is 15.6 Å². The number of benzene rings is 1. The molecule has 0 amide bonds. The number of nitrogens with zero attached hydrogens (tertiary/aromatic N) is 2. The van der Waals surface area contributed by atoms with Gasteiger partial charge in [0, 0.05) is 6.07 Å². The van der Waals surface area contributed by atoms with Gasteiger partial charge in [0.1, 0.15) is 23.9 Å². The number of rotatable bonds is 3. The first kappa shape index (κ1) is 10.2. The van der Waals surface area contributed by atoms with Gasteiger partial charge >= 0.3 is 0 Å². The molecule has 0 spiro atoms. The molecule has 16 heavy (non-hydrogen) atoms. The zero-order chi connectivity index (χ0) is 11.4. The summed E-state index contributed by atoms with van der Waals surface area (Å²) >= 11 is 0. The molecule has 3 N–H and O–H groups in total. The van der Waals surface area contributed by atoms with Gasteiger partial charge in [-0.2, -0.15) is 0 Å². The van der Waals surface area contributed by atoms with Crippen molar-refractivity contribution < 1.29 is 9.84 Å². The van der Waals surface area contributed by atoms with Crippen LogP contribution in [0.5, 0.6) is 11.5 Å². The number of nitrogens with two attached hydrogens (primary N) is 1. The van der Waals surface area contributed by atoms with E-state index in [2.05, 4.69) is 9.97 Å².